The lowest BCUT2D eigenvalue weighted by Gasteiger charge is -2.38. The molecule has 1 spiro atoms. The van der Waals surface area contributed by atoms with Crippen molar-refractivity contribution in [3.05, 3.63) is 77.5 Å². The van der Waals surface area contributed by atoms with Crippen molar-refractivity contribution in [1.82, 2.24) is 15.1 Å². The number of nitrogens with zero attached hydrogens (tertiary/aromatic N) is 3. The summed E-state index contributed by atoms with van der Waals surface area (Å²) in [5.74, 6) is -3.78. The van der Waals surface area contributed by atoms with Gasteiger partial charge >= 0.3 is 17.8 Å². The number of aliphatic hydroxyl groups is 2. The molecule has 2 aliphatic heterocycles. The number of carbonyl (C=O) groups excluding carboxylic acids is 2. The molecule has 0 radical (unpaired) electrons. The van der Waals surface area contributed by atoms with E-state index in [1.807, 2.05) is 37.3 Å². The molecule has 1 saturated heterocycles. The van der Waals surface area contributed by atoms with Crippen LogP contribution in [0.15, 0.2) is 60.8 Å². The molecule has 0 saturated carbocycles. The van der Waals surface area contributed by atoms with Crippen LogP contribution in [0.4, 0.5) is 0 Å². The molecule has 1 aromatic heterocycles. The lowest BCUT2D eigenvalue weighted by Crippen LogP contribution is -2.50. The Bertz CT molecular complexity index is 1260. The zero-order chi connectivity index (χ0) is 25.4. The number of fused-ring (bicyclic) bond motifs is 2. The first kappa shape index (κ1) is 23.9. The lowest BCUT2D eigenvalue weighted by atomic mass is 9.95. The second-order valence-corrected chi connectivity index (χ2v) is 8.85. The highest BCUT2D eigenvalue weighted by molar-refractivity contribution is 5.87. The summed E-state index contributed by atoms with van der Waals surface area (Å²) in [5.41, 5.74) is 3.18. The molecule has 0 bridgehead atoms. The molecule has 10 heteroatoms. The van der Waals surface area contributed by atoms with Crippen LogP contribution in [0.2, 0.25) is 0 Å². The average molecular weight is 492 g/mol. The van der Waals surface area contributed by atoms with Gasteiger partial charge in [-0.25, -0.2) is 14.5 Å². The number of ether oxygens (including phenoxy) is 3. The van der Waals surface area contributed by atoms with Crippen molar-refractivity contribution in [2.45, 2.75) is 37.6 Å². The molecule has 3 aromatic rings. The Labute approximate surface area is 207 Å². The topological polar surface area (TPSA) is 131 Å². The summed E-state index contributed by atoms with van der Waals surface area (Å²) in [6.07, 6.45) is -2.65. The van der Waals surface area contributed by atoms with Gasteiger partial charge in [-0.3, -0.25) is 0 Å². The van der Waals surface area contributed by atoms with Crippen LogP contribution in [0, 0.1) is 6.92 Å². The first-order valence-corrected chi connectivity index (χ1v) is 11.5. The maximum absolute atomic E-state index is 12.7. The van der Waals surface area contributed by atoms with Crippen molar-refractivity contribution in [1.29, 1.82) is 0 Å². The molecular weight excluding hydrogens is 466 g/mol. The molecule has 5 rings (SSSR count). The second kappa shape index (κ2) is 9.30. The number of benzene rings is 2. The molecule has 0 aliphatic carbocycles. The van der Waals surface area contributed by atoms with Crippen LogP contribution in [0.25, 0.3) is 11.3 Å². The summed E-state index contributed by atoms with van der Waals surface area (Å²) in [4.78, 5) is 27.0. The predicted octanol–water partition coefficient (Wildman–Crippen LogP) is 1.84. The molecule has 0 amide bonds. The molecule has 3 heterocycles. The zero-order valence-electron chi connectivity index (χ0n) is 19.7. The Morgan fingerprint density at radius 3 is 2.36 bits per heavy atom. The van der Waals surface area contributed by atoms with E-state index in [9.17, 15) is 19.8 Å². The summed E-state index contributed by atoms with van der Waals surface area (Å²) in [6.45, 7) is 2.27. The maximum atomic E-state index is 12.7. The van der Waals surface area contributed by atoms with Crippen LogP contribution < -0.4 is 4.74 Å². The highest BCUT2D eigenvalue weighted by atomic mass is 16.8. The number of hydrogen-bond acceptors (Lipinski definition) is 10. The number of carbonyl (C=O) groups is 2. The standard InChI is InChI=1S/C26H25N3O7/c1-15-5-8-17(9-6-15)34-21-11-13-29(2)26(35-24(32)22(30)23(31)25(33)36-26)19-14-16(7-10-18(19)21)20-4-3-12-27-28-20/h3-10,12,14,21-23,30-31H,11,13H2,1-2H3. The van der Waals surface area contributed by atoms with Crippen LogP contribution in [0.5, 0.6) is 5.75 Å². The third kappa shape index (κ3) is 4.19. The van der Waals surface area contributed by atoms with E-state index < -0.39 is 36.2 Å². The minimum Gasteiger partial charge on any atom is -0.486 e. The van der Waals surface area contributed by atoms with Gasteiger partial charge in [0.25, 0.3) is 0 Å². The maximum Gasteiger partial charge on any atom is 0.349 e. The van der Waals surface area contributed by atoms with E-state index in [4.69, 9.17) is 14.2 Å². The molecule has 1 fully saturated rings. The predicted molar refractivity (Wildman–Crippen MR) is 125 cm³/mol. The van der Waals surface area contributed by atoms with E-state index in [0.29, 0.717) is 41.1 Å². The largest absolute Gasteiger partial charge is 0.486 e. The van der Waals surface area contributed by atoms with Crippen LogP contribution in [-0.2, 0) is 25.0 Å². The van der Waals surface area contributed by atoms with E-state index in [-0.39, 0.29) is 0 Å². The number of aryl methyl sites for hydroxylation is 1. The zero-order valence-corrected chi connectivity index (χ0v) is 19.7. The van der Waals surface area contributed by atoms with Crippen molar-refractivity contribution in [3.63, 3.8) is 0 Å². The van der Waals surface area contributed by atoms with Crippen LogP contribution >= 0.6 is 0 Å². The van der Waals surface area contributed by atoms with Crippen LogP contribution in [-0.4, -0.2) is 63.0 Å². The van der Waals surface area contributed by atoms with Gasteiger partial charge in [-0.05, 0) is 44.3 Å². The highest BCUT2D eigenvalue weighted by Gasteiger charge is 2.55. The minimum atomic E-state index is -2.08. The van der Waals surface area contributed by atoms with Gasteiger partial charge in [0.2, 0.25) is 0 Å². The Kier molecular flexibility index (Phi) is 6.17. The van der Waals surface area contributed by atoms with E-state index in [1.165, 1.54) is 0 Å². The van der Waals surface area contributed by atoms with Crippen LogP contribution in [0.3, 0.4) is 0 Å². The lowest BCUT2D eigenvalue weighted by molar-refractivity contribution is -0.288. The summed E-state index contributed by atoms with van der Waals surface area (Å²) in [7, 11) is 1.62. The summed E-state index contributed by atoms with van der Waals surface area (Å²) in [5, 5.41) is 28.3. The third-order valence-corrected chi connectivity index (χ3v) is 6.40. The smallest absolute Gasteiger partial charge is 0.349 e. The van der Waals surface area contributed by atoms with Gasteiger partial charge in [-0.1, -0.05) is 29.8 Å². The van der Waals surface area contributed by atoms with Gasteiger partial charge < -0.3 is 24.4 Å². The van der Waals surface area contributed by atoms with Gasteiger partial charge in [0.1, 0.15) is 11.9 Å². The highest BCUT2D eigenvalue weighted by Crippen LogP contribution is 2.44. The molecular formula is C26H25N3O7. The fourth-order valence-electron chi connectivity index (χ4n) is 4.39. The van der Waals surface area contributed by atoms with Gasteiger partial charge in [0.15, 0.2) is 12.2 Å². The monoisotopic (exact) mass is 491 g/mol. The second-order valence-electron chi connectivity index (χ2n) is 8.85. The first-order valence-electron chi connectivity index (χ1n) is 11.5. The van der Waals surface area contributed by atoms with Crippen LogP contribution in [0.1, 0.15) is 29.2 Å². The fourth-order valence-corrected chi connectivity index (χ4v) is 4.39. The van der Waals surface area contributed by atoms with Crippen molar-refractivity contribution >= 4 is 11.9 Å². The Balaban J connectivity index is 1.68. The molecule has 3 atom stereocenters. The van der Waals surface area contributed by atoms with Crippen molar-refractivity contribution in [2.75, 3.05) is 13.6 Å². The average Bonchev–Trinajstić information content (AvgIpc) is 3.05. The number of rotatable bonds is 3. The molecule has 36 heavy (non-hydrogen) atoms. The molecule has 3 unspecified atom stereocenters. The van der Waals surface area contributed by atoms with E-state index in [1.54, 1.807) is 42.4 Å². The molecule has 2 aliphatic rings. The molecule has 186 valence electrons. The summed E-state index contributed by atoms with van der Waals surface area (Å²) >= 11 is 0. The van der Waals surface area contributed by atoms with Gasteiger partial charge in [0.05, 0.1) is 11.3 Å². The normalized spacial score (nSPS) is 26.4. The van der Waals surface area contributed by atoms with Crippen molar-refractivity contribution < 1.29 is 34.0 Å². The molecule has 2 aromatic carbocycles. The van der Waals surface area contributed by atoms with E-state index in [2.05, 4.69) is 10.2 Å². The Morgan fingerprint density at radius 1 is 1.03 bits per heavy atom. The summed E-state index contributed by atoms with van der Waals surface area (Å²) < 4.78 is 17.7. The quantitative estimate of drug-likeness (QED) is 0.523. The third-order valence-electron chi connectivity index (χ3n) is 6.40. The van der Waals surface area contributed by atoms with E-state index >= 15 is 0 Å². The Morgan fingerprint density at radius 2 is 1.72 bits per heavy atom. The number of esters is 2. The first-order chi connectivity index (χ1) is 17.3. The number of hydrogen-bond donors (Lipinski definition) is 2. The van der Waals surface area contributed by atoms with Crippen molar-refractivity contribution in [3.8, 4) is 17.0 Å². The van der Waals surface area contributed by atoms with Gasteiger partial charge in [-0.15, -0.1) is 0 Å². The SMILES string of the molecule is Cc1ccc(OC2CCN(C)C3(OC(=O)C(O)C(O)C(=O)O3)c3cc(-c4cccnn4)ccc32)cc1. The number of aromatic nitrogens is 2. The fraction of sp³-hybridized carbons (Fsp3) is 0.308. The van der Waals surface area contributed by atoms with Crippen molar-refractivity contribution in [2.24, 2.45) is 0 Å². The minimum absolute atomic E-state index is 0.290. The Hall–Kier alpha value is -3.86. The van der Waals surface area contributed by atoms with E-state index in [0.717, 1.165) is 5.56 Å². The number of aliphatic hydroxyl groups excluding tert-OH is 2. The summed E-state index contributed by atoms with van der Waals surface area (Å²) in [6, 6.07) is 16.4. The molecule has 2 N–H and O–H groups in total. The van der Waals surface area contributed by atoms with Gasteiger partial charge in [0, 0.05) is 30.3 Å². The molecule has 10 nitrogen and oxygen atoms in total. The van der Waals surface area contributed by atoms with Gasteiger partial charge in [-0.2, -0.15) is 10.2 Å².